The van der Waals surface area contributed by atoms with E-state index in [0.717, 1.165) is 27.8 Å². The van der Waals surface area contributed by atoms with Crippen LogP contribution in [-0.4, -0.2) is 16.0 Å². The van der Waals surface area contributed by atoms with E-state index in [9.17, 15) is 8.78 Å². The van der Waals surface area contributed by atoms with Crippen LogP contribution in [0.3, 0.4) is 0 Å². The van der Waals surface area contributed by atoms with Gasteiger partial charge in [0.1, 0.15) is 5.69 Å². The molecule has 0 saturated heterocycles. The summed E-state index contributed by atoms with van der Waals surface area (Å²) in [6, 6.07) is 7.04. The summed E-state index contributed by atoms with van der Waals surface area (Å²) >= 11 is 0. The predicted octanol–water partition coefficient (Wildman–Crippen LogP) is 5.53. The third-order valence-electron chi connectivity index (χ3n) is 5.38. The smallest absolute Gasteiger partial charge is 0.162 e. The summed E-state index contributed by atoms with van der Waals surface area (Å²) < 4.78 is 30.0. The molecule has 6 heteroatoms. The maximum Gasteiger partial charge on any atom is 0.162 e. The second kappa shape index (κ2) is 8.22. The van der Waals surface area contributed by atoms with Gasteiger partial charge in [-0.15, -0.1) is 0 Å². The Kier molecular flexibility index (Phi) is 5.87. The second-order valence-electron chi connectivity index (χ2n) is 7.50. The number of benzene rings is 2. The molecule has 0 fully saturated rings. The third kappa shape index (κ3) is 3.77. The molecular formula is C24H26F2N4. The van der Waals surface area contributed by atoms with Crippen LogP contribution in [0.4, 0.5) is 14.6 Å². The lowest BCUT2D eigenvalue weighted by Crippen LogP contribution is -2.02. The normalized spacial score (nSPS) is 11.4. The van der Waals surface area contributed by atoms with E-state index < -0.39 is 11.6 Å². The highest BCUT2D eigenvalue weighted by Crippen LogP contribution is 2.35. The van der Waals surface area contributed by atoms with Crippen molar-refractivity contribution in [3.8, 4) is 11.3 Å². The Morgan fingerprint density at radius 3 is 2.50 bits per heavy atom. The van der Waals surface area contributed by atoms with Crippen molar-refractivity contribution in [2.45, 2.75) is 34.1 Å². The molecule has 1 heterocycles. The largest absolute Gasteiger partial charge is 0.399 e. The summed E-state index contributed by atoms with van der Waals surface area (Å²) in [6.45, 7) is 11.3. The number of aliphatic imine (C=N–C) groups is 1. The highest BCUT2D eigenvalue weighted by atomic mass is 19.2. The Hall–Kier alpha value is -3.28. The molecule has 0 spiro atoms. The van der Waals surface area contributed by atoms with Crippen LogP contribution in [0.5, 0.6) is 0 Å². The first-order valence-electron chi connectivity index (χ1n) is 9.70. The molecule has 156 valence electrons. The van der Waals surface area contributed by atoms with E-state index in [4.69, 9.17) is 5.73 Å². The minimum atomic E-state index is -0.815. The average Bonchev–Trinajstić information content (AvgIpc) is 3.00. The molecule has 2 N–H and O–H groups in total. The fraction of sp³-hybridized carbons (Fsp3) is 0.250. The molecule has 30 heavy (non-hydrogen) atoms. The quantitative estimate of drug-likeness (QED) is 0.564. The van der Waals surface area contributed by atoms with Gasteiger partial charge in [0.2, 0.25) is 0 Å². The Bertz CT molecular complexity index is 1150. The van der Waals surface area contributed by atoms with E-state index in [-0.39, 0.29) is 0 Å². The maximum atomic E-state index is 14.4. The van der Waals surface area contributed by atoms with Crippen LogP contribution in [0, 0.1) is 32.4 Å². The molecule has 0 bridgehead atoms. The van der Waals surface area contributed by atoms with E-state index in [1.165, 1.54) is 6.07 Å². The number of halogens is 2. The van der Waals surface area contributed by atoms with Gasteiger partial charge in [-0.1, -0.05) is 24.8 Å². The lowest BCUT2D eigenvalue weighted by Gasteiger charge is -2.13. The van der Waals surface area contributed by atoms with Gasteiger partial charge in [-0.25, -0.2) is 18.5 Å². The Labute approximate surface area is 175 Å². The second-order valence-corrected chi connectivity index (χ2v) is 7.50. The number of nitrogens with zero attached hydrogens (tertiary/aromatic N) is 3. The molecule has 0 aliphatic heterocycles. The molecule has 0 atom stereocenters. The number of hydrogen-bond donors (Lipinski definition) is 1. The first kappa shape index (κ1) is 21.4. The summed E-state index contributed by atoms with van der Waals surface area (Å²) in [7, 11) is 1.81. The molecule has 0 unspecified atom stereocenters. The number of nitrogens with two attached hydrogens (primary N) is 1. The van der Waals surface area contributed by atoms with Crippen molar-refractivity contribution in [3.63, 3.8) is 0 Å². The molecule has 0 aliphatic carbocycles. The monoisotopic (exact) mass is 408 g/mol. The minimum Gasteiger partial charge on any atom is -0.399 e. The standard InChI is InChI=1S/C24H26F2N4/c1-7-28-24-21(16(5)27)23(29-30(24)6)18-9-8-17(10-14(18)3)12-19-15(4)13(2)11-20(25)22(19)26/h7-11H,5,12,27H2,1-4,6H3/b28-7-. The number of aryl methyl sites for hydroxylation is 3. The van der Waals surface area contributed by atoms with Crippen LogP contribution in [0.2, 0.25) is 0 Å². The summed E-state index contributed by atoms with van der Waals surface area (Å²) in [5.41, 5.74) is 12.4. The predicted molar refractivity (Wildman–Crippen MR) is 119 cm³/mol. The van der Waals surface area contributed by atoms with Gasteiger partial charge in [0.05, 0.1) is 5.56 Å². The maximum absolute atomic E-state index is 14.4. The highest BCUT2D eigenvalue weighted by Gasteiger charge is 2.20. The van der Waals surface area contributed by atoms with Gasteiger partial charge in [0, 0.05) is 30.9 Å². The lowest BCUT2D eigenvalue weighted by molar-refractivity contribution is 0.498. The van der Waals surface area contributed by atoms with E-state index in [1.807, 2.05) is 39.0 Å². The van der Waals surface area contributed by atoms with Gasteiger partial charge < -0.3 is 5.73 Å². The van der Waals surface area contributed by atoms with E-state index >= 15 is 0 Å². The Morgan fingerprint density at radius 2 is 1.90 bits per heavy atom. The molecule has 0 saturated carbocycles. The number of rotatable bonds is 5. The molecule has 3 rings (SSSR count). The Morgan fingerprint density at radius 1 is 1.20 bits per heavy atom. The highest BCUT2D eigenvalue weighted by molar-refractivity contribution is 5.85. The van der Waals surface area contributed by atoms with Crippen molar-refractivity contribution < 1.29 is 8.78 Å². The molecule has 2 aromatic carbocycles. The lowest BCUT2D eigenvalue weighted by atomic mass is 9.93. The van der Waals surface area contributed by atoms with Gasteiger partial charge in [-0.2, -0.15) is 5.10 Å². The average molecular weight is 408 g/mol. The van der Waals surface area contributed by atoms with Gasteiger partial charge >= 0.3 is 0 Å². The molecule has 0 radical (unpaired) electrons. The first-order valence-corrected chi connectivity index (χ1v) is 9.70. The van der Waals surface area contributed by atoms with Crippen molar-refractivity contribution in [1.82, 2.24) is 9.78 Å². The summed E-state index contributed by atoms with van der Waals surface area (Å²) in [5.74, 6) is -0.963. The SMILES string of the molecule is C=C(N)c1c(-c2ccc(Cc3c(C)c(C)cc(F)c3F)cc2C)nn(C)c1/N=C\C. The van der Waals surface area contributed by atoms with Crippen LogP contribution >= 0.6 is 0 Å². The van der Waals surface area contributed by atoms with E-state index in [0.29, 0.717) is 34.8 Å². The summed E-state index contributed by atoms with van der Waals surface area (Å²) in [6.07, 6.45) is 1.99. The zero-order valence-corrected chi connectivity index (χ0v) is 18.0. The van der Waals surface area contributed by atoms with Gasteiger partial charge in [0.25, 0.3) is 0 Å². The number of hydrogen-bond acceptors (Lipinski definition) is 3. The summed E-state index contributed by atoms with van der Waals surface area (Å²) in [5, 5.41) is 4.60. The third-order valence-corrected chi connectivity index (χ3v) is 5.38. The molecular weight excluding hydrogens is 382 g/mol. The molecule has 0 amide bonds. The van der Waals surface area contributed by atoms with Crippen LogP contribution in [0.1, 0.15) is 40.3 Å². The Balaban J connectivity index is 2.07. The molecule has 0 aliphatic rings. The first-order chi connectivity index (χ1) is 14.1. The summed E-state index contributed by atoms with van der Waals surface area (Å²) in [4.78, 5) is 4.37. The van der Waals surface area contributed by atoms with Crippen LogP contribution in [0.15, 0.2) is 35.8 Å². The van der Waals surface area contributed by atoms with E-state index in [2.05, 4.69) is 16.7 Å². The van der Waals surface area contributed by atoms with Gasteiger partial charge in [-0.05, 0) is 61.6 Å². The minimum absolute atomic E-state index is 0.307. The van der Waals surface area contributed by atoms with Crippen LogP contribution < -0.4 is 5.73 Å². The van der Waals surface area contributed by atoms with Crippen LogP contribution in [0.25, 0.3) is 17.0 Å². The van der Waals surface area contributed by atoms with Crippen molar-refractivity contribution in [3.05, 3.63) is 75.9 Å². The molecule has 1 aromatic heterocycles. The van der Waals surface area contributed by atoms with Crippen molar-refractivity contribution >= 4 is 17.7 Å². The zero-order chi connectivity index (χ0) is 22.2. The fourth-order valence-electron chi connectivity index (χ4n) is 3.69. The van der Waals surface area contributed by atoms with Crippen molar-refractivity contribution in [2.75, 3.05) is 0 Å². The fourth-order valence-corrected chi connectivity index (χ4v) is 3.69. The van der Waals surface area contributed by atoms with Crippen molar-refractivity contribution in [1.29, 1.82) is 0 Å². The van der Waals surface area contributed by atoms with Gasteiger partial charge in [0.15, 0.2) is 17.5 Å². The van der Waals surface area contributed by atoms with Crippen molar-refractivity contribution in [2.24, 2.45) is 17.8 Å². The van der Waals surface area contributed by atoms with Crippen LogP contribution in [-0.2, 0) is 13.5 Å². The molecule has 3 aromatic rings. The number of aromatic nitrogens is 2. The topological polar surface area (TPSA) is 56.2 Å². The zero-order valence-electron chi connectivity index (χ0n) is 18.0. The van der Waals surface area contributed by atoms with E-state index in [1.54, 1.807) is 24.9 Å². The molecule has 4 nitrogen and oxygen atoms in total. The van der Waals surface area contributed by atoms with Gasteiger partial charge in [-0.3, -0.25) is 0 Å².